The van der Waals surface area contributed by atoms with Gasteiger partial charge in [0.25, 0.3) is 0 Å². The van der Waals surface area contributed by atoms with Crippen LogP contribution in [0.5, 0.6) is 5.75 Å². The van der Waals surface area contributed by atoms with Gasteiger partial charge in [0.2, 0.25) is 11.8 Å². The summed E-state index contributed by atoms with van der Waals surface area (Å²) in [7, 11) is 1.68. The van der Waals surface area contributed by atoms with Crippen molar-refractivity contribution < 1.29 is 14.3 Å². The third kappa shape index (κ3) is 5.77. The number of benzene rings is 3. The fraction of sp³-hybridized carbons (Fsp3) is 0.394. The van der Waals surface area contributed by atoms with Crippen molar-refractivity contribution in [2.75, 3.05) is 13.7 Å². The molecule has 1 saturated carbocycles. The molecule has 0 bridgehead atoms. The standard InChI is InChI=1S/C33H38N2O3/c1-33(2,3)19-31(36)35-16-15-27-26(23-11-8-12-25(17-23)38-4)14-13-24(30(27)21-35)20-34-32(37)29-18-28(29)22-9-6-5-7-10-22/h5-14,17,28-29H,15-16,18-21H2,1-4H3,(H,34,37)/t28-,29+/m1/s1. The van der Waals surface area contributed by atoms with Crippen LogP contribution in [0.25, 0.3) is 11.1 Å². The van der Waals surface area contributed by atoms with Gasteiger partial charge in [-0.05, 0) is 69.7 Å². The lowest BCUT2D eigenvalue weighted by Crippen LogP contribution is -2.38. The van der Waals surface area contributed by atoms with Gasteiger partial charge in [-0.2, -0.15) is 0 Å². The lowest BCUT2D eigenvalue weighted by atomic mass is 9.86. The monoisotopic (exact) mass is 510 g/mol. The van der Waals surface area contributed by atoms with Gasteiger partial charge >= 0.3 is 0 Å². The summed E-state index contributed by atoms with van der Waals surface area (Å²) in [4.78, 5) is 28.2. The van der Waals surface area contributed by atoms with E-state index in [1.54, 1.807) is 7.11 Å². The number of rotatable bonds is 7. The third-order valence-electron chi connectivity index (χ3n) is 7.73. The average Bonchev–Trinajstić information content (AvgIpc) is 3.72. The van der Waals surface area contributed by atoms with Crippen molar-refractivity contribution in [3.05, 3.63) is 89.0 Å². The molecule has 3 aromatic carbocycles. The highest BCUT2D eigenvalue weighted by atomic mass is 16.5. The van der Waals surface area contributed by atoms with Gasteiger partial charge in [-0.15, -0.1) is 0 Å². The van der Waals surface area contributed by atoms with Crippen LogP contribution in [0.1, 0.15) is 61.8 Å². The second-order valence-electron chi connectivity index (χ2n) is 11.8. The third-order valence-corrected chi connectivity index (χ3v) is 7.73. The summed E-state index contributed by atoms with van der Waals surface area (Å²) >= 11 is 0. The van der Waals surface area contributed by atoms with E-state index in [-0.39, 0.29) is 23.1 Å². The van der Waals surface area contributed by atoms with Gasteiger partial charge in [-0.25, -0.2) is 0 Å². The molecule has 5 rings (SSSR count). The van der Waals surface area contributed by atoms with Crippen molar-refractivity contribution >= 4 is 11.8 Å². The molecule has 0 unspecified atom stereocenters. The molecule has 2 atom stereocenters. The van der Waals surface area contributed by atoms with E-state index in [9.17, 15) is 9.59 Å². The van der Waals surface area contributed by atoms with E-state index in [2.05, 4.69) is 62.5 Å². The van der Waals surface area contributed by atoms with Crippen LogP contribution in [0, 0.1) is 11.3 Å². The lowest BCUT2D eigenvalue weighted by molar-refractivity contribution is -0.134. The molecule has 38 heavy (non-hydrogen) atoms. The molecule has 1 aliphatic carbocycles. The molecule has 2 aliphatic rings. The summed E-state index contributed by atoms with van der Waals surface area (Å²) in [6.07, 6.45) is 2.21. The molecule has 1 heterocycles. The Morgan fingerprint density at radius 3 is 2.53 bits per heavy atom. The van der Waals surface area contributed by atoms with Gasteiger partial charge in [0.05, 0.1) is 7.11 Å². The van der Waals surface area contributed by atoms with Crippen molar-refractivity contribution in [3.63, 3.8) is 0 Å². The highest BCUT2D eigenvalue weighted by Gasteiger charge is 2.43. The first-order valence-corrected chi connectivity index (χ1v) is 13.6. The first kappa shape index (κ1) is 26.0. The van der Waals surface area contributed by atoms with Gasteiger partial charge in [0, 0.05) is 32.0 Å². The first-order valence-electron chi connectivity index (χ1n) is 13.6. The highest BCUT2D eigenvalue weighted by Crippen LogP contribution is 2.47. The zero-order valence-corrected chi connectivity index (χ0v) is 22.9. The van der Waals surface area contributed by atoms with E-state index in [4.69, 9.17) is 4.74 Å². The smallest absolute Gasteiger partial charge is 0.224 e. The zero-order chi connectivity index (χ0) is 26.9. The topological polar surface area (TPSA) is 58.6 Å². The maximum Gasteiger partial charge on any atom is 0.224 e. The maximum atomic E-state index is 13.1. The number of nitrogens with one attached hydrogen (secondary N) is 1. The Labute approximate surface area is 226 Å². The second-order valence-corrected chi connectivity index (χ2v) is 11.8. The number of methoxy groups -OCH3 is 1. The Morgan fingerprint density at radius 2 is 1.79 bits per heavy atom. The molecular weight excluding hydrogens is 472 g/mol. The number of nitrogens with zero attached hydrogens (tertiary/aromatic N) is 1. The number of hydrogen-bond acceptors (Lipinski definition) is 3. The molecule has 198 valence electrons. The molecule has 0 saturated heterocycles. The SMILES string of the molecule is COc1cccc(-c2ccc(CNC(=O)[C@H]3C[C@@H]3c3ccccc3)c3c2CCN(C(=O)CC(C)(C)C)C3)c1. The highest BCUT2D eigenvalue weighted by molar-refractivity contribution is 5.83. The molecule has 2 amide bonds. The van der Waals surface area contributed by atoms with Gasteiger partial charge in [-0.1, -0.05) is 75.4 Å². The Hall–Kier alpha value is -3.60. The predicted molar refractivity (Wildman–Crippen MR) is 151 cm³/mol. The quantitative estimate of drug-likeness (QED) is 0.418. The normalized spacial score (nSPS) is 18.5. The minimum atomic E-state index is -0.0594. The summed E-state index contributed by atoms with van der Waals surface area (Å²) in [5.41, 5.74) is 6.97. The van der Waals surface area contributed by atoms with Crippen molar-refractivity contribution in [3.8, 4) is 16.9 Å². The van der Waals surface area contributed by atoms with Crippen molar-refractivity contribution in [1.82, 2.24) is 10.2 Å². The van der Waals surface area contributed by atoms with Crippen molar-refractivity contribution in [2.24, 2.45) is 11.3 Å². The molecule has 1 fully saturated rings. The van der Waals surface area contributed by atoms with Crippen molar-refractivity contribution in [2.45, 2.75) is 59.0 Å². The molecule has 1 N–H and O–H groups in total. The Bertz CT molecular complexity index is 1330. The number of carbonyl (C=O) groups excluding carboxylic acids is 2. The van der Waals surface area contributed by atoms with Crippen LogP contribution in [0.2, 0.25) is 0 Å². The van der Waals surface area contributed by atoms with Crippen LogP contribution in [-0.4, -0.2) is 30.4 Å². The number of fused-ring (bicyclic) bond motifs is 1. The van der Waals surface area contributed by atoms with E-state index in [0.29, 0.717) is 32.0 Å². The number of hydrogen-bond donors (Lipinski definition) is 1. The molecule has 0 radical (unpaired) electrons. The predicted octanol–water partition coefficient (Wildman–Crippen LogP) is 6.10. The second kappa shape index (κ2) is 10.6. The maximum absolute atomic E-state index is 13.1. The van der Waals surface area contributed by atoms with Gasteiger partial charge in [-0.3, -0.25) is 9.59 Å². The van der Waals surface area contributed by atoms with E-state index in [1.807, 2.05) is 35.2 Å². The number of amides is 2. The summed E-state index contributed by atoms with van der Waals surface area (Å²) in [5.74, 6) is 1.47. The average molecular weight is 511 g/mol. The Morgan fingerprint density at radius 1 is 1.00 bits per heavy atom. The summed E-state index contributed by atoms with van der Waals surface area (Å²) < 4.78 is 5.47. The van der Waals surface area contributed by atoms with E-state index in [0.717, 1.165) is 35.3 Å². The molecule has 0 spiro atoms. The van der Waals surface area contributed by atoms with Crippen LogP contribution in [0.4, 0.5) is 0 Å². The molecule has 5 heteroatoms. The fourth-order valence-corrected chi connectivity index (χ4v) is 5.61. The molecule has 1 aliphatic heterocycles. The van der Waals surface area contributed by atoms with E-state index < -0.39 is 0 Å². The van der Waals surface area contributed by atoms with Gasteiger partial charge in [0.15, 0.2) is 0 Å². The van der Waals surface area contributed by atoms with E-state index in [1.165, 1.54) is 16.7 Å². The largest absolute Gasteiger partial charge is 0.497 e. The molecule has 3 aromatic rings. The number of carbonyl (C=O) groups is 2. The van der Waals surface area contributed by atoms with E-state index >= 15 is 0 Å². The summed E-state index contributed by atoms with van der Waals surface area (Å²) in [6.45, 7) is 8.05. The van der Waals surface area contributed by atoms with Crippen LogP contribution in [0.3, 0.4) is 0 Å². The summed E-state index contributed by atoms with van der Waals surface area (Å²) in [5, 5.41) is 3.21. The Balaban J connectivity index is 1.38. The minimum absolute atomic E-state index is 0.0362. The molecular formula is C33H38N2O3. The molecule has 5 nitrogen and oxygen atoms in total. The van der Waals surface area contributed by atoms with Crippen molar-refractivity contribution in [1.29, 1.82) is 0 Å². The van der Waals surface area contributed by atoms with Gasteiger partial charge in [0.1, 0.15) is 5.75 Å². The lowest BCUT2D eigenvalue weighted by Gasteiger charge is -2.33. The van der Waals surface area contributed by atoms with Crippen LogP contribution < -0.4 is 10.1 Å². The minimum Gasteiger partial charge on any atom is -0.497 e. The van der Waals surface area contributed by atoms with Gasteiger partial charge < -0.3 is 15.0 Å². The van der Waals surface area contributed by atoms with Crippen LogP contribution >= 0.6 is 0 Å². The summed E-state index contributed by atoms with van der Waals surface area (Å²) in [6, 6.07) is 22.7. The number of ether oxygens (including phenoxy) is 1. The zero-order valence-electron chi connectivity index (χ0n) is 22.9. The first-order chi connectivity index (χ1) is 18.2. The van der Waals surface area contributed by atoms with Crippen LogP contribution in [-0.2, 0) is 29.1 Å². The Kier molecular flexibility index (Phi) is 7.29. The van der Waals surface area contributed by atoms with Crippen LogP contribution in [0.15, 0.2) is 66.7 Å². The fourth-order valence-electron chi connectivity index (χ4n) is 5.61. The molecule has 0 aromatic heterocycles.